The number of hydrogen-bond donors (Lipinski definition) is 1. The lowest BCUT2D eigenvalue weighted by Gasteiger charge is -2.15. The van der Waals surface area contributed by atoms with E-state index in [9.17, 15) is 14.0 Å². The molecule has 0 fully saturated rings. The maximum Gasteiger partial charge on any atom is 0.306 e. The number of rotatable bonds is 8. The number of amides is 1. The first-order valence-electron chi connectivity index (χ1n) is 8.56. The summed E-state index contributed by atoms with van der Waals surface area (Å²) in [6.45, 7) is 3.88. The van der Waals surface area contributed by atoms with Crippen LogP contribution in [0.3, 0.4) is 0 Å². The summed E-state index contributed by atoms with van der Waals surface area (Å²) in [5.74, 6) is -0.838. The fourth-order valence-corrected chi connectivity index (χ4v) is 2.59. The summed E-state index contributed by atoms with van der Waals surface area (Å²) in [6.07, 6.45) is -0.465. The van der Waals surface area contributed by atoms with Gasteiger partial charge in [-0.15, -0.1) is 0 Å². The van der Waals surface area contributed by atoms with Gasteiger partial charge in [0.15, 0.2) is 6.10 Å². The Morgan fingerprint density at radius 3 is 2.67 bits per heavy atom. The van der Waals surface area contributed by atoms with E-state index in [-0.39, 0.29) is 17.1 Å². The van der Waals surface area contributed by atoms with Crippen molar-refractivity contribution in [2.75, 3.05) is 11.9 Å². The van der Waals surface area contributed by atoms with Gasteiger partial charge >= 0.3 is 5.97 Å². The summed E-state index contributed by atoms with van der Waals surface area (Å²) in [6, 6.07) is 11.1. The maximum absolute atomic E-state index is 13.0. The second-order valence-corrected chi connectivity index (χ2v) is 6.19. The molecule has 27 heavy (non-hydrogen) atoms. The highest BCUT2D eigenvalue weighted by Gasteiger charge is 2.19. The largest absolute Gasteiger partial charge is 0.494 e. The summed E-state index contributed by atoms with van der Waals surface area (Å²) in [5.41, 5.74) is 1.14. The molecule has 0 spiro atoms. The van der Waals surface area contributed by atoms with Crippen LogP contribution < -0.4 is 10.1 Å². The molecule has 0 unspecified atom stereocenters. The van der Waals surface area contributed by atoms with Gasteiger partial charge in [0.05, 0.1) is 17.3 Å². The van der Waals surface area contributed by atoms with Crippen LogP contribution in [0.25, 0.3) is 0 Å². The van der Waals surface area contributed by atoms with Gasteiger partial charge in [0.1, 0.15) is 11.6 Å². The number of carbonyl (C=O) groups is 2. The highest BCUT2D eigenvalue weighted by Crippen LogP contribution is 2.23. The summed E-state index contributed by atoms with van der Waals surface area (Å²) in [4.78, 5) is 24.2. The van der Waals surface area contributed by atoms with E-state index in [4.69, 9.17) is 21.1 Å². The molecule has 0 saturated carbocycles. The van der Waals surface area contributed by atoms with Crippen molar-refractivity contribution in [1.82, 2.24) is 0 Å². The van der Waals surface area contributed by atoms with Gasteiger partial charge < -0.3 is 14.8 Å². The minimum Gasteiger partial charge on any atom is -0.494 e. The number of esters is 1. The fraction of sp³-hybridized carbons (Fsp3) is 0.300. The fourth-order valence-electron chi connectivity index (χ4n) is 2.38. The zero-order valence-corrected chi connectivity index (χ0v) is 15.9. The highest BCUT2D eigenvalue weighted by molar-refractivity contribution is 6.33. The highest BCUT2D eigenvalue weighted by atomic mass is 35.5. The molecule has 0 radical (unpaired) electrons. The number of ether oxygens (including phenoxy) is 2. The predicted molar refractivity (Wildman–Crippen MR) is 102 cm³/mol. The van der Waals surface area contributed by atoms with E-state index in [1.807, 2.05) is 31.2 Å². The van der Waals surface area contributed by atoms with Crippen molar-refractivity contribution in [2.45, 2.75) is 32.8 Å². The van der Waals surface area contributed by atoms with E-state index in [2.05, 4.69) is 5.32 Å². The van der Waals surface area contributed by atoms with Crippen molar-refractivity contribution in [2.24, 2.45) is 0 Å². The molecule has 0 heterocycles. The third-order valence-corrected chi connectivity index (χ3v) is 4.05. The minimum absolute atomic E-state index is 0.0643. The van der Waals surface area contributed by atoms with Crippen LogP contribution in [0.5, 0.6) is 5.75 Å². The molecule has 0 aromatic heterocycles. The second-order valence-electron chi connectivity index (χ2n) is 5.79. The number of anilines is 1. The standard InChI is InChI=1S/C20H21ClFNO4/c1-3-26-18-7-5-4-6-14(18)8-11-19(24)27-13(2)20(25)23-17-10-9-15(22)12-16(17)21/h4-7,9-10,12-13H,3,8,11H2,1-2H3,(H,23,25)/t13-/m0/s1. The van der Waals surface area contributed by atoms with Crippen LogP contribution in [0.15, 0.2) is 42.5 Å². The molecule has 2 rings (SSSR count). The Labute approximate surface area is 162 Å². The molecule has 7 heteroatoms. The molecule has 2 aromatic rings. The maximum atomic E-state index is 13.0. The van der Waals surface area contributed by atoms with Gasteiger partial charge in [0.2, 0.25) is 0 Å². The number of halogens is 2. The summed E-state index contributed by atoms with van der Waals surface area (Å²) >= 11 is 5.87. The normalized spacial score (nSPS) is 11.6. The van der Waals surface area contributed by atoms with E-state index in [0.717, 1.165) is 17.4 Å². The monoisotopic (exact) mass is 393 g/mol. The van der Waals surface area contributed by atoms with Gasteiger partial charge in [-0.1, -0.05) is 29.8 Å². The molecule has 1 N–H and O–H groups in total. The first-order valence-corrected chi connectivity index (χ1v) is 8.94. The Kier molecular flexibility index (Phi) is 7.61. The van der Waals surface area contributed by atoms with Crippen molar-refractivity contribution in [1.29, 1.82) is 0 Å². The molecule has 1 amide bonds. The molecule has 1 atom stereocenters. The van der Waals surface area contributed by atoms with Crippen molar-refractivity contribution >= 4 is 29.2 Å². The van der Waals surface area contributed by atoms with Crippen molar-refractivity contribution < 1.29 is 23.5 Å². The quantitative estimate of drug-likeness (QED) is 0.676. The summed E-state index contributed by atoms with van der Waals surface area (Å²) in [7, 11) is 0. The molecular formula is C20H21ClFNO4. The molecule has 144 valence electrons. The third kappa shape index (κ3) is 6.25. The molecule has 0 bridgehead atoms. The van der Waals surface area contributed by atoms with Gasteiger partial charge in [-0.3, -0.25) is 9.59 Å². The van der Waals surface area contributed by atoms with Crippen LogP contribution in [0.2, 0.25) is 5.02 Å². The average molecular weight is 394 g/mol. The van der Waals surface area contributed by atoms with Gasteiger partial charge in [0.25, 0.3) is 5.91 Å². The zero-order chi connectivity index (χ0) is 19.8. The topological polar surface area (TPSA) is 64.6 Å². The molecular weight excluding hydrogens is 373 g/mol. The van der Waals surface area contributed by atoms with Crippen LogP contribution in [0.1, 0.15) is 25.8 Å². The van der Waals surface area contributed by atoms with Crippen LogP contribution in [0.4, 0.5) is 10.1 Å². The van der Waals surface area contributed by atoms with Gasteiger partial charge in [-0.2, -0.15) is 0 Å². The smallest absolute Gasteiger partial charge is 0.306 e. The van der Waals surface area contributed by atoms with Gasteiger partial charge in [-0.05, 0) is 50.1 Å². The van der Waals surface area contributed by atoms with Crippen molar-refractivity contribution in [3.63, 3.8) is 0 Å². The van der Waals surface area contributed by atoms with Crippen LogP contribution >= 0.6 is 11.6 Å². The Hall–Kier alpha value is -2.60. The molecule has 0 saturated heterocycles. The first-order chi connectivity index (χ1) is 12.9. The zero-order valence-electron chi connectivity index (χ0n) is 15.1. The number of hydrogen-bond acceptors (Lipinski definition) is 4. The number of carbonyl (C=O) groups excluding carboxylic acids is 2. The Morgan fingerprint density at radius 1 is 1.22 bits per heavy atom. The minimum atomic E-state index is -1.01. The predicted octanol–water partition coefficient (Wildman–Crippen LogP) is 4.38. The third-order valence-electron chi connectivity index (χ3n) is 3.74. The van der Waals surface area contributed by atoms with Crippen molar-refractivity contribution in [3.05, 3.63) is 58.9 Å². The van der Waals surface area contributed by atoms with Crippen LogP contribution in [-0.2, 0) is 20.7 Å². The van der Waals surface area contributed by atoms with Crippen LogP contribution in [-0.4, -0.2) is 24.6 Å². The first kappa shape index (κ1) is 20.7. The van der Waals surface area contributed by atoms with E-state index in [0.29, 0.717) is 13.0 Å². The van der Waals surface area contributed by atoms with E-state index in [1.54, 1.807) is 0 Å². The molecule has 0 aliphatic heterocycles. The molecule has 0 aliphatic rings. The molecule has 0 aliphatic carbocycles. The second kappa shape index (κ2) is 9.92. The van der Waals surface area contributed by atoms with Gasteiger partial charge in [0, 0.05) is 6.42 Å². The molecule has 5 nitrogen and oxygen atoms in total. The number of para-hydroxylation sites is 1. The van der Waals surface area contributed by atoms with Crippen LogP contribution in [0, 0.1) is 5.82 Å². The van der Waals surface area contributed by atoms with Crippen molar-refractivity contribution in [3.8, 4) is 5.75 Å². The summed E-state index contributed by atoms with van der Waals surface area (Å²) < 4.78 is 23.7. The summed E-state index contributed by atoms with van der Waals surface area (Å²) in [5, 5.41) is 2.57. The Morgan fingerprint density at radius 2 is 1.96 bits per heavy atom. The number of nitrogens with one attached hydrogen (secondary N) is 1. The lowest BCUT2D eigenvalue weighted by Crippen LogP contribution is -2.30. The Bertz CT molecular complexity index is 812. The van der Waals surface area contributed by atoms with E-state index >= 15 is 0 Å². The average Bonchev–Trinajstić information content (AvgIpc) is 2.63. The van der Waals surface area contributed by atoms with E-state index < -0.39 is 23.8 Å². The number of benzene rings is 2. The van der Waals surface area contributed by atoms with Gasteiger partial charge in [-0.25, -0.2) is 4.39 Å². The Balaban J connectivity index is 1.87. The van der Waals surface area contributed by atoms with E-state index in [1.165, 1.54) is 19.1 Å². The number of aryl methyl sites for hydroxylation is 1. The lowest BCUT2D eigenvalue weighted by molar-refractivity contribution is -0.153. The molecule has 2 aromatic carbocycles. The SMILES string of the molecule is CCOc1ccccc1CCC(=O)O[C@@H](C)C(=O)Nc1ccc(F)cc1Cl. The lowest BCUT2D eigenvalue weighted by atomic mass is 10.1.